The molecular formula is C27H35N3O3. The van der Waals surface area contributed by atoms with E-state index in [1.165, 1.54) is 18.4 Å². The summed E-state index contributed by atoms with van der Waals surface area (Å²) in [5.41, 5.74) is 1.66. The summed E-state index contributed by atoms with van der Waals surface area (Å²) in [5.74, 6) is 1.05. The molecule has 0 saturated carbocycles. The molecule has 0 aliphatic carbocycles. The van der Waals surface area contributed by atoms with Crippen LogP contribution in [0.25, 0.3) is 0 Å². The Bertz CT molecular complexity index is 919. The second-order valence-electron chi connectivity index (χ2n) is 9.61. The van der Waals surface area contributed by atoms with Crippen LogP contribution in [0.5, 0.6) is 0 Å². The van der Waals surface area contributed by atoms with Crippen LogP contribution in [0, 0.1) is 0 Å². The summed E-state index contributed by atoms with van der Waals surface area (Å²) in [4.78, 5) is 22.0. The number of hydrogen-bond acceptors (Lipinski definition) is 5. The van der Waals surface area contributed by atoms with E-state index in [4.69, 9.17) is 9.47 Å². The molecular weight excluding hydrogens is 414 g/mol. The lowest BCUT2D eigenvalue weighted by Crippen LogP contribution is -2.52. The topological polar surface area (TPSA) is 54.9 Å². The maximum atomic E-state index is 13.2. The van der Waals surface area contributed by atoms with Crippen LogP contribution in [0.4, 0.5) is 5.82 Å². The van der Waals surface area contributed by atoms with E-state index in [1.54, 1.807) is 6.20 Å². The Hall–Kier alpha value is -2.44. The first-order valence-electron chi connectivity index (χ1n) is 12.5. The van der Waals surface area contributed by atoms with Gasteiger partial charge in [0.2, 0.25) is 0 Å². The van der Waals surface area contributed by atoms with Gasteiger partial charge in [-0.15, -0.1) is 0 Å². The Morgan fingerprint density at radius 3 is 2.52 bits per heavy atom. The van der Waals surface area contributed by atoms with Gasteiger partial charge in [0.1, 0.15) is 5.82 Å². The molecule has 6 nitrogen and oxygen atoms in total. The van der Waals surface area contributed by atoms with Gasteiger partial charge in [0.15, 0.2) is 0 Å². The number of anilines is 1. The van der Waals surface area contributed by atoms with Crippen molar-refractivity contribution < 1.29 is 14.3 Å². The van der Waals surface area contributed by atoms with Gasteiger partial charge in [-0.2, -0.15) is 0 Å². The van der Waals surface area contributed by atoms with E-state index < -0.39 is 0 Å². The lowest BCUT2D eigenvalue weighted by molar-refractivity contribution is -0.190. The monoisotopic (exact) mass is 449 g/mol. The number of nitrogens with zero attached hydrogens (tertiary/aromatic N) is 3. The third-order valence-corrected chi connectivity index (χ3v) is 7.43. The molecule has 1 spiro atoms. The average Bonchev–Trinajstić information content (AvgIpc) is 3.40. The molecule has 6 heteroatoms. The normalized spacial score (nSPS) is 24.9. The molecule has 0 bridgehead atoms. The third kappa shape index (κ3) is 4.92. The summed E-state index contributed by atoms with van der Waals surface area (Å²) in [7, 11) is 0. The summed E-state index contributed by atoms with van der Waals surface area (Å²) in [5, 5.41) is 0. The zero-order valence-corrected chi connectivity index (χ0v) is 19.6. The molecule has 0 radical (unpaired) electrons. The minimum Gasteiger partial charge on any atom is -0.378 e. The fourth-order valence-electron chi connectivity index (χ4n) is 5.64. The maximum Gasteiger partial charge on any atom is 0.255 e. The Morgan fingerprint density at radius 1 is 1.09 bits per heavy atom. The van der Waals surface area contributed by atoms with E-state index in [1.807, 2.05) is 23.1 Å². The van der Waals surface area contributed by atoms with Crippen LogP contribution >= 0.6 is 0 Å². The van der Waals surface area contributed by atoms with Gasteiger partial charge in [-0.05, 0) is 50.3 Å². The molecule has 1 aromatic carbocycles. The number of benzene rings is 1. The smallest absolute Gasteiger partial charge is 0.255 e. The van der Waals surface area contributed by atoms with E-state index in [0.29, 0.717) is 25.3 Å². The molecule has 0 N–H and O–H groups in total. The van der Waals surface area contributed by atoms with E-state index in [9.17, 15) is 4.79 Å². The van der Waals surface area contributed by atoms with Gasteiger partial charge in [-0.1, -0.05) is 30.3 Å². The molecule has 4 heterocycles. The van der Waals surface area contributed by atoms with Gasteiger partial charge >= 0.3 is 0 Å². The maximum absolute atomic E-state index is 13.2. The van der Waals surface area contributed by atoms with Gasteiger partial charge in [0.05, 0.1) is 23.4 Å². The van der Waals surface area contributed by atoms with Crippen LogP contribution in [-0.2, 0) is 9.47 Å². The molecule has 3 fully saturated rings. The number of aromatic nitrogens is 1. The Labute approximate surface area is 196 Å². The Balaban J connectivity index is 1.24. The molecule has 3 aliphatic heterocycles. The average molecular weight is 450 g/mol. The zero-order chi connectivity index (χ0) is 22.7. The van der Waals surface area contributed by atoms with Crippen molar-refractivity contribution in [3.63, 3.8) is 0 Å². The molecule has 5 rings (SSSR count). The number of carbonyl (C=O) groups is 1. The second-order valence-corrected chi connectivity index (χ2v) is 9.61. The predicted molar refractivity (Wildman–Crippen MR) is 128 cm³/mol. The van der Waals surface area contributed by atoms with Crippen LogP contribution in [0.1, 0.15) is 67.5 Å². The molecule has 1 amide bonds. The van der Waals surface area contributed by atoms with E-state index >= 15 is 0 Å². The van der Waals surface area contributed by atoms with E-state index in [0.717, 1.165) is 44.6 Å². The number of amides is 1. The summed E-state index contributed by atoms with van der Waals surface area (Å²) in [6.07, 6.45) is 7.88. The van der Waals surface area contributed by atoms with E-state index in [2.05, 4.69) is 41.1 Å². The third-order valence-electron chi connectivity index (χ3n) is 7.43. The second kappa shape index (κ2) is 9.82. The predicted octanol–water partition coefficient (Wildman–Crippen LogP) is 4.61. The minimum absolute atomic E-state index is 0.0427. The van der Waals surface area contributed by atoms with Crippen molar-refractivity contribution in [1.29, 1.82) is 0 Å². The van der Waals surface area contributed by atoms with Crippen molar-refractivity contribution in [2.75, 3.05) is 37.7 Å². The lowest BCUT2D eigenvalue weighted by Gasteiger charge is -2.48. The summed E-state index contributed by atoms with van der Waals surface area (Å²) in [6.45, 7) is 6.29. The first-order valence-corrected chi connectivity index (χ1v) is 12.5. The first kappa shape index (κ1) is 22.4. The van der Waals surface area contributed by atoms with Crippen LogP contribution < -0.4 is 4.90 Å². The largest absolute Gasteiger partial charge is 0.378 e. The summed E-state index contributed by atoms with van der Waals surface area (Å²) >= 11 is 0. The number of carbonyl (C=O) groups excluding carboxylic acids is 1. The highest BCUT2D eigenvalue weighted by Crippen LogP contribution is 2.44. The van der Waals surface area contributed by atoms with Crippen molar-refractivity contribution in [3.8, 4) is 0 Å². The number of likely N-dealkylation sites (tertiary alicyclic amines) is 1. The molecule has 33 heavy (non-hydrogen) atoms. The summed E-state index contributed by atoms with van der Waals surface area (Å²) in [6, 6.07) is 14.4. The van der Waals surface area contributed by atoms with Crippen molar-refractivity contribution in [2.45, 2.75) is 63.3 Å². The van der Waals surface area contributed by atoms with Gasteiger partial charge in [0.25, 0.3) is 5.91 Å². The van der Waals surface area contributed by atoms with Crippen molar-refractivity contribution in [1.82, 2.24) is 9.88 Å². The fraction of sp³-hybridized carbons (Fsp3) is 0.556. The highest BCUT2D eigenvalue weighted by atomic mass is 16.5. The summed E-state index contributed by atoms with van der Waals surface area (Å²) < 4.78 is 12.8. The van der Waals surface area contributed by atoms with Gasteiger partial charge in [0, 0.05) is 51.8 Å². The van der Waals surface area contributed by atoms with Gasteiger partial charge in [-0.25, -0.2) is 4.98 Å². The number of pyridine rings is 1. The van der Waals surface area contributed by atoms with Crippen molar-refractivity contribution in [3.05, 3.63) is 59.8 Å². The van der Waals surface area contributed by atoms with E-state index in [-0.39, 0.29) is 23.7 Å². The van der Waals surface area contributed by atoms with Crippen LogP contribution in [-0.4, -0.2) is 60.3 Å². The van der Waals surface area contributed by atoms with Gasteiger partial charge < -0.3 is 19.3 Å². The minimum atomic E-state index is -0.229. The standard InChI is InChI=1S/C27H35N3O3/c1-2-32-23-18-24(21-8-4-3-5-9-21)33-27(19-23)12-16-30(17-13-27)26(31)22-10-11-25(28-20-22)29-14-6-7-15-29/h3-5,8-11,20,23-24H,2,6-7,12-19H2,1H3. The molecule has 2 aromatic rings. The lowest BCUT2D eigenvalue weighted by atomic mass is 9.80. The molecule has 1 aromatic heterocycles. The fourth-order valence-corrected chi connectivity index (χ4v) is 5.64. The van der Waals surface area contributed by atoms with Crippen LogP contribution in [0.3, 0.4) is 0 Å². The number of rotatable bonds is 5. The molecule has 3 aliphatic rings. The van der Waals surface area contributed by atoms with Crippen LogP contribution in [0.2, 0.25) is 0 Å². The molecule has 3 saturated heterocycles. The van der Waals surface area contributed by atoms with Crippen molar-refractivity contribution in [2.24, 2.45) is 0 Å². The highest BCUT2D eigenvalue weighted by Gasteiger charge is 2.45. The highest BCUT2D eigenvalue weighted by molar-refractivity contribution is 5.94. The van der Waals surface area contributed by atoms with Crippen LogP contribution in [0.15, 0.2) is 48.7 Å². The quantitative estimate of drug-likeness (QED) is 0.667. The van der Waals surface area contributed by atoms with Crippen molar-refractivity contribution >= 4 is 11.7 Å². The molecule has 2 atom stereocenters. The zero-order valence-electron chi connectivity index (χ0n) is 19.6. The Morgan fingerprint density at radius 2 is 1.85 bits per heavy atom. The molecule has 2 unspecified atom stereocenters. The Kier molecular flexibility index (Phi) is 6.65. The molecule has 176 valence electrons. The number of hydrogen-bond donors (Lipinski definition) is 0. The SMILES string of the molecule is CCOC1CC(c2ccccc2)OC2(CCN(C(=O)c3ccc(N4CCCC4)nc3)CC2)C1. The number of piperidine rings is 1. The number of ether oxygens (including phenoxy) is 2. The first-order chi connectivity index (χ1) is 16.2. The van der Waals surface area contributed by atoms with Gasteiger partial charge in [-0.3, -0.25) is 4.79 Å².